The molecule has 2 fully saturated rings. The summed E-state index contributed by atoms with van der Waals surface area (Å²) in [5.74, 6) is 0.310. The summed E-state index contributed by atoms with van der Waals surface area (Å²) in [4.78, 5) is 0. The molecule has 4 heteroatoms. The monoisotopic (exact) mass is 293 g/mol. The van der Waals surface area contributed by atoms with Gasteiger partial charge in [0.05, 0.1) is 12.2 Å². The maximum atomic E-state index is 13.8. The average molecular weight is 293 g/mol. The van der Waals surface area contributed by atoms with E-state index in [1.807, 2.05) is 6.07 Å². The molecule has 0 aromatic heterocycles. The first-order valence-corrected chi connectivity index (χ1v) is 8.00. The number of ether oxygens (including phenoxy) is 2. The molecule has 1 aliphatic carbocycles. The number of hydrogen-bond donors (Lipinski definition) is 1. The smallest absolute Gasteiger partial charge is 0.131 e. The number of benzene rings is 1. The van der Waals surface area contributed by atoms with Crippen molar-refractivity contribution in [2.45, 2.75) is 63.2 Å². The molecule has 0 bridgehead atoms. The summed E-state index contributed by atoms with van der Waals surface area (Å²) in [6, 6.07) is 4.93. The van der Waals surface area contributed by atoms with E-state index in [-0.39, 0.29) is 24.1 Å². The van der Waals surface area contributed by atoms with Gasteiger partial charge in [0.2, 0.25) is 0 Å². The van der Waals surface area contributed by atoms with Crippen LogP contribution >= 0.6 is 0 Å². The second-order valence-corrected chi connectivity index (χ2v) is 6.25. The van der Waals surface area contributed by atoms with E-state index in [4.69, 9.17) is 15.2 Å². The third-order valence-electron chi connectivity index (χ3n) is 4.79. The van der Waals surface area contributed by atoms with E-state index in [2.05, 4.69) is 0 Å². The Morgan fingerprint density at radius 1 is 1.29 bits per heavy atom. The fourth-order valence-corrected chi connectivity index (χ4v) is 3.65. The molecule has 1 saturated heterocycles. The number of hydrogen-bond acceptors (Lipinski definition) is 3. The van der Waals surface area contributed by atoms with Crippen LogP contribution in [0.4, 0.5) is 4.39 Å². The first-order chi connectivity index (χ1) is 10.2. The molecule has 3 nitrogen and oxygen atoms in total. The molecule has 2 aliphatic rings. The Morgan fingerprint density at radius 3 is 2.86 bits per heavy atom. The quantitative estimate of drug-likeness (QED) is 0.927. The lowest BCUT2D eigenvalue weighted by Crippen LogP contribution is -2.45. The highest BCUT2D eigenvalue weighted by molar-refractivity contribution is 5.34. The maximum absolute atomic E-state index is 13.8. The van der Waals surface area contributed by atoms with E-state index in [9.17, 15) is 4.39 Å². The lowest BCUT2D eigenvalue weighted by Gasteiger charge is -2.43. The van der Waals surface area contributed by atoms with E-state index in [1.165, 1.54) is 25.3 Å². The second-order valence-electron chi connectivity index (χ2n) is 6.25. The zero-order valence-electron chi connectivity index (χ0n) is 12.4. The lowest BCUT2D eigenvalue weighted by molar-refractivity contribution is -0.129. The summed E-state index contributed by atoms with van der Waals surface area (Å²) in [6.07, 6.45) is 7.90. The van der Waals surface area contributed by atoms with Crippen molar-refractivity contribution in [3.05, 3.63) is 29.6 Å². The molecule has 2 N–H and O–H groups in total. The van der Waals surface area contributed by atoms with Gasteiger partial charge in [-0.15, -0.1) is 0 Å². The van der Waals surface area contributed by atoms with Crippen LogP contribution in [-0.2, 0) is 11.3 Å². The van der Waals surface area contributed by atoms with Crippen LogP contribution in [0.25, 0.3) is 0 Å². The Kier molecular flexibility index (Phi) is 4.45. The third kappa shape index (κ3) is 3.22. The normalized spacial score (nSPS) is 25.0. The highest BCUT2D eigenvalue weighted by atomic mass is 19.1. The first-order valence-electron chi connectivity index (χ1n) is 8.00. The standard InChI is InChI=1S/C17H24FNO2/c18-15-5-4-6-16(14(15)12-19)21-13-7-10-20-17(11-13)8-2-1-3-9-17/h4-6,13H,1-3,7-12,19H2. The van der Waals surface area contributed by atoms with Gasteiger partial charge in [-0.1, -0.05) is 25.3 Å². The van der Waals surface area contributed by atoms with Gasteiger partial charge in [-0.3, -0.25) is 0 Å². The van der Waals surface area contributed by atoms with Gasteiger partial charge in [-0.05, 0) is 25.0 Å². The van der Waals surface area contributed by atoms with E-state index in [1.54, 1.807) is 6.07 Å². The molecule has 0 radical (unpaired) electrons. The molecule has 1 heterocycles. The van der Waals surface area contributed by atoms with E-state index < -0.39 is 0 Å². The lowest BCUT2D eigenvalue weighted by atomic mass is 9.79. The van der Waals surface area contributed by atoms with Gasteiger partial charge in [0.15, 0.2) is 0 Å². The Labute approximate surface area is 125 Å². The van der Waals surface area contributed by atoms with Crippen molar-refractivity contribution in [3.8, 4) is 5.75 Å². The van der Waals surface area contributed by atoms with Crippen LogP contribution in [0, 0.1) is 5.82 Å². The summed E-state index contributed by atoms with van der Waals surface area (Å²) < 4.78 is 25.9. The molecule has 116 valence electrons. The van der Waals surface area contributed by atoms with Gasteiger partial charge < -0.3 is 15.2 Å². The molecule has 1 atom stereocenters. The van der Waals surface area contributed by atoms with Gasteiger partial charge in [0, 0.05) is 24.9 Å². The number of nitrogens with two attached hydrogens (primary N) is 1. The van der Waals surface area contributed by atoms with E-state index in [0.717, 1.165) is 32.3 Å². The average Bonchev–Trinajstić information content (AvgIpc) is 2.48. The van der Waals surface area contributed by atoms with E-state index in [0.29, 0.717) is 11.3 Å². The second kappa shape index (κ2) is 6.32. The Morgan fingerprint density at radius 2 is 2.10 bits per heavy atom. The van der Waals surface area contributed by atoms with Crippen molar-refractivity contribution in [1.29, 1.82) is 0 Å². The fourth-order valence-electron chi connectivity index (χ4n) is 3.65. The molecular weight excluding hydrogens is 269 g/mol. The summed E-state index contributed by atoms with van der Waals surface area (Å²) >= 11 is 0. The number of rotatable bonds is 3. The SMILES string of the molecule is NCc1c(F)cccc1OC1CCOC2(CCCCC2)C1. The first kappa shape index (κ1) is 14.8. The minimum Gasteiger partial charge on any atom is -0.490 e. The van der Waals surface area contributed by atoms with Crippen molar-refractivity contribution < 1.29 is 13.9 Å². The summed E-state index contributed by atoms with van der Waals surface area (Å²) in [6.45, 7) is 0.897. The largest absolute Gasteiger partial charge is 0.490 e. The molecule has 1 aromatic carbocycles. The molecule has 3 rings (SSSR count). The molecule has 1 spiro atoms. The van der Waals surface area contributed by atoms with Crippen molar-refractivity contribution in [2.75, 3.05) is 6.61 Å². The number of halogens is 1. The van der Waals surface area contributed by atoms with Crippen LogP contribution in [0.5, 0.6) is 5.75 Å². The van der Waals surface area contributed by atoms with Crippen molar-refractivity contribution in [1.82, 2.24) is 0 Å². The molecule has 1 aliphatic heterocycles. The predicted molar refractivity (Wildman–Crippen MR) is 79.7 cm³/mol. The minimum atomic E-state index is -0.283. The van der Waals surface area contributed by atoms with Gasteiger partial charge in [0.1, 0.15) is 17.7 Å². The van der Waals surface area contributed by atoms with Crippen molar-refractivity contribution in [3.63, 3.8) is 0 Å². The topological polar surface area (TPSA) is 44.5 Å². The van der Waals surface area contributed by atoms with Gasteiger partial charge in [-0.2, -0.15) is 0 Å². The minimum absolute atomic E-state index is 0.00261. The van der Waals surface area contributed by atoms with Crippen LogP contribution in [0.1, 0.15) is 50.5 Å². The van der Waals surface area contributed by atoms with Crippen LogP contribution in [0.2, 0.25) is 0 Å². The zero-order valence-corrected chi connectivity index (χ0v) is 12.4. The maximum Gasteiger partial charge on any atom is 0.131 e. The molecular formula is C17H24FNO2. The fraction of sp³-hybridized carbons (Fsp3) is 0.647. The molecule has 1 aromatic rings. The predicted octanol–water partition coefficient (Wildman–Crippen LogP) is 3.55. The summed E-state index contributed by atoms with van der Waals surface area (Å²) in [5, 5.41) is 0. The third-order valence-corrected chi connectivity index (χ3v) is 4.79. The Bertz CT molecular complexity index is 480. The van der Waals surface area contributed by atoms with Gasteiger partial charge in [0.25, 0.3) is 0 Å². The van der Waals surface area contributed by atoms with Crippen LogP contribution < -0.4 is 10.5 Å². The highest BCUT2D eigenvalue weighted by Gasteiger charge is 2.39. The van der Waals surface area contributed by atoms with Crippen molar-refractivity contribution in [2.24, 2.45) is 5.73 Å². The molecule has 0 amide bonds. The Balaban J connectivity index is 1.71. The zero-order chi connectivity index (χ0) is 14.7. The summed E-state index contributed by atoms with van der Waals surface area (Å²) in [7, 11) is 0. The highest BCUT2D eigenvalue weighted by Crippen LogP contribution is 2.39. The van der Waals surface area contributed by atoms with Gasteiger partial charge in [-0.25, -0.2) is 4.39 Å². The van der Waals surface area contributed by atoms with Crippen LogP contribution in [-0.4, -0.2) is 18.3 Å². The molecule has 1 saturated carbocycles. The molecule has 1 unspecified atom stereocenters. The summed E-state index contributed by atoms with van der Waals surface area (Å²) in [5.41, 5.74) is 6.12. The van der Waals surface area contributed by atoms with E-state index >= 15 is 0 Å². The van der Waals surface area contributed by atoms with Crippen LogP contribution in [0.15, 0.2) is 18.2 Å². The van der Waals surface area contributed by atoms with Crippen molar-refractivity contribution >= 4 is 0 Å². The Hall–Kier alpha value is -1.13. The van der Waals surface area contributed by atoms with Gasteiger partial charge >= 0.3 is 0 Å². The van der Waals surface area contributed by atoms with Crippen LogP contribution in [0.3, 0.4) is 0 Å². The molecule has 21 heavy (non-hydrogen) atoms.